The molecule has 1 aliphatic heterocycles. The third-order valence-corrected chi connectivity index (χ3v) is 3.32. The maximum absolute atomic E-state index is 9.32. The molecular formula is C9H17NO2. The van der Waals surface area contributed by atoms with Crippen molar-refractivity contribution in [1.29, 1.82) is 0 Å². The summed E-state index contributed by atoms with van der Waals surface area (Å²) in [5.74, 6) is 0. The summed E-state index contributed by atoms with van der Waals surface area (Å²) in [7, 11) is 2.13. The molecule has 0 amide bonds. The Balaban J connectivity index is 2.17. The molecule has 70 valence electrons. The van der Waals surface area contributed by atoms with Crippen molar-refractivity contribution in [1.82, 2.24) is 4.90 Å². The second-order valence-corrected chi connectivity index (χ2v) is 3.96. The molecule has 0 radical (unpaired) electrons. The fourth-order valence-corrected chi connectivity index (χ4v) is 2.59. The standard InChI is InChI=1S/C9H17NO2/c1-10-5-6-12-9(7-11)4-2-3-8(9)10/h8,11H,2-7H2,1H3. The van der Waals surface area contributed by atoms with E-state index in [1.165, 1.54) is 12.8 Å². The van der Waals surface area contributed by atoms with Gasteiger partial charge in [-0.15, -0.1) is 0 Å². The normalized spacial score (nSPS) is 43.0. The Labute approximate surface area is 73.3 Å². The van der Waals surface area contributed by atoms with E-state index in [-0.39, 0.29) is 12.2 Å². The Hall–Kier alpha value is -0.120. The average Bonchev–Trinajstić information content (AvgIpc) is 2.50. The molecule has 0 bridgehead atoms. The molecule has 0 aromatic rings. The summed E-state index contributed by atoms with van der Waals surface area (Å²) in [6.07, 6.45) is 3.39. The third-order valence-electron chi connectivity index (χ3n) is 3.32. The summed E-state index contributed by atoms with van der Waals surface area (Å²) in [4.78, 5) is 2.33. The number of morpholine rings is 1. The summed E-state index contributed by atoms with van der Waals surface area (Å²) < 4.78 is 5.72. The van der Waals surface area contributed by atoms with E-state index in [0.717, 1.165) is 19.6 Å². The van der Waals surface area contributed by atoms with Gasteiger partial charge in [-0.25, -0.2) is 0 Å². The highest BCUT2D eigenvalue weighted by molar-refractivity contribution is 5.01. The van der Waals surface area contributed by atoms with E-state index in [1.54, 1.807) is 0 Å². The van der Waals surface area contributed by atoms with Gasteiger partial charge in [-0.2, -0.15) is 0 Å². The lowest BCUT2D eigenvalue weighted by Gasteiger charge is -2.43. The first-order chi connectivity index (χ1) is 5.78. The predicted octanol–water partition coefficient (Wildman–Crippen LogP) is 0.232. The first kappa shape index (κ1) is 8.48. The first-order valence-electron chi connectivity index (χ1n) is 4.73. The molecule has 1 heterocycles. The molecule has 1 saturated heterocycles. The molecular weight excluding hydrogens is 154 g/mol. The minimum atomic E-state index is -0.215. The highest BCUT2D eigenvalue weighted by Crippen LogP contribution is 2.38. The fraction of sp³-hybridized carbons (Fsp3) is 1.00. The van der Waals surface area contributed by atoms with Crippen LogP contribution in [0.3, 0.4) is 0 Å². The zero-order valence-electron chi connectivity index (χ0n) is 7.62. The lowest BCUT2D eigenvalue weighted by molar-refractivity contribution is -0.148. The summed E-state index contributed by atoms with van der Waals surface area (Å²) in [5, 5.41) is 9.32. The van der Waals surface area contributed by atoms with Gasteiger partial charge >= 0.3 is 0 Å². The minimum Gasteiger partial charge on any atom is -0.393 e. The van der Waals surface area contributed by atoms with Crippen LogP contribution in [0.2, 0.25) is 0 Å². The van der Waals surface area contributed by atoms with Crippen molar-refractivity contribution in [2.45, 2.75) is 30.9 Å². The Bertz CT molecular complexity index is 174. The highest BCUT2D eigenvalue weighted by Gasteiger charge is 2.47. The van der Waals surface area contributed by atoms with Crippen LogP contribution < -0.4 is 0 Å². The lowest BCUT2D eigenvalue weighted by Crippen LogP contribution is -2.57. The SMILES string of the molecule is CN1CCOC2(CO)CCCC12. The zero-order valence-corrected chi connectivity index (χ0v) is 7.62. The molecule has 12 heavy (non-hydrogen) atoms. The average molecular weight is 171 g/mol. The van der Waals surface area contributed by atoms with Gasteiger partial charge in [0.1, 0.15) is 5.60 Å². The van der Waals surface area contributed by atoms with E-state index in [2.05, 4.69) is 11.9 Å². The second kappa shape index (κ2) is 2.98. The Kier molecular flexibility index (Phi) is 2.10. The van der Waals surface area contributed by atoms with Crippen LogP contribution in [0.1, 0.15) is 19.3 Å². The van der Waals surface area contributed by atoms with Crippen LogP contribution in [0, 0.1) is 0 Å². The first-order valence-corrected chi connectivity index (χ1v) is 4.73. The molecule has 3 heteroatoms. The molecule has 0 aromatic carbocycles. The van der Waals surface area contributed by atoms with E-state index in [4.69, 9.17) is 4.74 Å². The quantitative estimate of drug-likeness (QED) is 0.613. The van der Waals surface area contributed by atoms with Gasteiger partial charge in [0.25, 0.3) is 0 Å². The van der Waals surface area contributed by atoms with Gasteiger partial charge in [-0.3, -0.25) is 4.90 Å². The van der Waals surface area contributed by atoms with Crippen LogP contribution in [-0.2, 0) is 4.74 Å². The van der Waals surface area contributed by atoms with Crippen molar-refractivity contribution in [3.63, 3.8) is 0 Å². The number of hydrogen-bond acceptors (Lipinski definition) is 3. The van der Waals surface area contributed by atoms with Gasteiger partial charge in [-0.05, 0) is 26.3 Å². The van der Waals surface area contributed by atoms with Crippen molar-refractivity contribution in [2.24, 2.45) is 0 Å². The molecule has 1 N–H and O–H groups in total. The van der Waals surface area contributed by atoms with E-state index < -0.39 is 0 Å². The van der Waals surface area contributed by atoms with Crippen molar-refractivity contribution in [3.05, 3.63) is 0 Å². The molecule has 2 atom stereocenters. The molecule has 1 aliphatic carbocycles. The molecule has 2 fully saturated rings. The third kappa shape index (κ3) is 1.08. The van der Waals surface area contributed by atoms with Crippen molar-refractivity contribution >= 4 is 0 Å². The van der Waals surface area contributed by atoms with Crippen molar-refractivity contribution < 1.29 is 9.84 Å². The number of hydrogen-bond donors (Lipinski definition) is 1. The van der Waals surface area contributed by atoms with Crippen LogP contribution in [-0.4, -0.2) is 48.5 Å². The highest BCUT2D eigenvalue weighted by atomic mass is 16.5. The predicted molar refractivity (Wildman–Crippen MR) is 46.0 cm³/mol. The number of ether oxygens (including phenoxy) is 1. The number of aliphatic hydroxyl groups excluding tert-OH is 1. The number of aliphatic hydroxyl groups is 1. The van der Waals surface area contributed by atoms with E-state index in [9.17, 15) is 5.11 Å². The minimum absolute atomic E-state index is 0.183. The molecule has 3 nitrogen and oxygen atoms in total. The zero-order chi connectivity index (χ0) is 8.60. The smallest absolute Gasteiger partial charge is 0.107 e. The topological polar surface area (TPSA) is 32.7 Å². The Morgan fingerprint density at radius 2 is 2.50 bits per heavy atom. The molecule has 1 saturated carbocycles. The van der Waals surface area contributed by atoms with E-state index in [0.29, 0.717) is 6.04 Å². The van der Waals surface area contributed by atoms with E-state index >= 15 is 0 Å². The van der Waals surface area contributed by atoms with Crippen LogP contribution in [0.5, 0.6) is 0 Å². The van der Waals surface area contributed by atoms with Crippen molar-refractivity contribution in [3.8, 4) is 0 Å². The summed E-state index contributed by atoms with van der Waals surface area (Å²) in [6.45, 7) is 1.96. The monoisotopic (exact) mass is 171 g/mol. The molecule has 0 aromatic heterocycles. The van der Waals surface area contributed by atoms with Gasteiger partial charge in [0.2, 0.25) is 0 Å². The van der Waals surface area contributed by atoms with E-state index in [1.807, 2.05) is 0 Å². The maximum Gasteiger partial charge on any atom is 0.107 e. The molecule has 0 spiro atoms. The lowest BCUT2D eigenvalue weighted by atomic mass is 9.96. The summed E-state index contributed by atoms with van der Waals surface area (Å²) in [5.41, 5.74) is -0.215. The van der Waals surface area contributed by atoms with Crippen LogP contribution in [0.15, 0.2) is 0 Å². The molecule has 2 unspecified atom stereocenters. The Morgan fingerprint density at radius 1 is 1.67 bits per heavy atom. The fourth-order valence-electron chi connectivity index (χ4n) is 2.59. The maximum atomic E-state index is 9.32. The van der Waals surface area contributed by atoms with Gasteiger partial charge < -0.3 is 9.84 Å². The number of rotatable bonds is 1. The summed E-state index contributed by atoms with van der Waals surface area (Å²) >= 11 is 0. The van der Waals surface area contributed by atoms with Crippen LogP contribution in [0.4, 0.5) is 0 Å². The Morgan fingerprint density at radius 3 is 3.17 bits per heavy atom. The van der Waals surface area contributed by atoms with Gasteiger partial charge in [0.05, 0.1) is 13.2 Å². The van der Waals surface area contributed by atoms with Crippen molar-refractivity contribution in [2.75, 3.05) is 26.8 Å². The molecule has 2 aliphatic rings. The van der Waals surface area contributed by atoms with Gasteiger partial charge in [0, 0.05) is 12.6 Å². The second-order valence-electron chi connectivity index (χ2n) is 3.96. The number of likely N-dealkylation sites (N-methyl/N-ethyl adjacent to an activating group) is 1. The van der Waals surface area contributed by atoms with Crippen LogP contribution >= 0.6 is 0 Å². The largest absolute Gasteiger partial charge is 0.393 e. The molecule has 2 rings (SSSR count). The van der Waals surface area contributed by atoms with Gasteiger partial charge in [0.15, 0.2) is 0 Å². The number of nitrogens with zero attached hydrogens (tertiary/aromatic N) is 1. The van der Waals surface area contributed by atoms with Gasteiger partial charge in [-0.1, -0.05) is 0 Å². The van der Waals surface area contributed by atoms with Crippen LogP contribution in [0.25, 0.3) is 0 Å². The summed E-state index contributed by atoms with van der Waals surface area (Å²) in [6, 6.07) is 0.455. The number of fused-ring (bicyclic) bond motifs is 1.